The fourth-order valence-electron chi connectivity index (χ4n) is 5.76. The first kappa shape index (κ1) is 56.5. The van der Waals surface area contributed by atoms with Crippen molar-refractivity contribution >= 4 is 106 Å². The topological polar surface area (TPSA) is 505 Å². The highest BCUT2D eigenvalue weighted by Gasteiger charge is 2.37. The van der Waals surface area contributed by atoms with Crippen LogP contribution in [0.3, 0.4) is 0 Å². The highest BCUT2D eigenvalue weighted by atomic mass is 35.6. The summed E-state index contributed by atoms with van der Waals surface area (Å²) in [5, 5.41) is 22.6. The van der Waals surface area contributed by atoms with Crippen LogP contribution in [0.1, 0.15) is 22.7 Å². The van der Waals surface area contributed by atoms with E-state index in [0.29, 0.717) is 11.3 Å². The number of hydrogen-bond donors (Lipinski definition) is 15. The SMILES string of the molecule is C#[N+]c1cc(C(Cl)(Cl)Cl)cnc1N(Cc1ccc(OC)cc1OC)C(O)C(=O)NC(C(=O)NC(N=C(N)N)C(=O)NC(N=C(N)N)C(=O)NC(N=C(N)N)C(=O)NC(N=C(N)N)C(N)=O)c1ccccc1. The molecule has 24 N–H and O–H groups in total. The average molecular weight is 1050 g/mol. The number of aliphatic hydroxyl groups excluding tert-OH is 1. The molecule has 1 aromatic heterocycles. The molecule has 33 heteroatoms. The summed E-state index contributed by atoms with van der Waals surface area (Å²) in [6.45, 7) is 5.36. The number of nitrogens with one attached hydrogen (secondary N) is 5. The Hall–Kier alpha value is -8.79. The summed E-state index contributed by atoms with van der Waals surface area (Å²) in [5.74, 6) is -10.5. The molecule has 3 aromatic rings. The van der Waals surface area contributed by atoms with Crippen molar-refractivity contribution < 1.29 is 43.3 Å². The monoisotopic (exact) mass is 1050 g/mol. The van der Waals surface area contributed by atoms with Crippen LogP contribution >= 0.6 is 34.8 Å². The van der Waals surface area contributed by atoms with E-state index in [4.69, 9.17) is 102 Å². The third kappa shape index (κ3) is 16.7. The van der Waals surface area contributed by atoms with Crippen LogP contribution in [-0.2, 0) is 39.1 Å². The van der Waals surface area contributed by atoms with Gasteiger partial charge in [0.15, 0.2) is 23.8 Å². The zero-order valence-electron chi connectivity index (χ0n) is 37.2. The number of guanidine groups is 4. The fraction of sp³-hybridized carbons (Fsp3) is 0.263. The number of aliphatic imine (C=N–C) groups is 4. The predicted octanol–water partition coefficient (Wildman–Crippen LogP) is -4.95. The molecule has 1 heterocycles. The second kappa shape index (κ2) is 25.5. The summed E-state index contributed by atoms with van der Waals surface area (Å²) in [4.78, 5) is 104. The molecule has 0 aliphatic carbocycles. The number of benzene rings is 2. The number of carbonyl (C=O) groups is 6. The van der Waals surface area contributed by atoms with Crippen LogP contribution in [0.5, 0.6) is 11.5 Å². The normalized spacial score (nSPS) is 13.2. The van der Waals surface area contributed by atoms with E-state index in [2.05, 4.69) is 45.7 Å². The van der Waals surface area contributed by atoms with Crippen molar-refractivity contribution in [3.8, 4) is 18.1 Å². The van der Waals surface area contributed by atoms with Gasteiger partial charge >= 0.3 is 5.69 Å². The number of nitrogens with two attached hydrogens (primary N) is 9. The molecule has 30 nitrogen and oxygen atoms in total. The maximum atomic E-state index is 14.3. The summed E-state index contributed by atoms with van der Waals surface area (Å²) in [7, 11) is 2.79. The number of nitrogens with zero attached hydrogens (tertiary/aromatic N) is 7. The summed E-state index contributed by atoms with van der Waals surface area (Å²) < 4.78 is 8.82. The summed E-state index contributed by atoms with van der Waals surface area (Å²) >= 11 is 18.2. The first-order valence-corrected chi connectivity index (χ1v) is 20.8. The Morgan fingerprint density at radius 1 is 0.690 bits per heavy atom. The van der Waals surface area contributed by atoms with E-state index >= 15 is 0 Å². The molecule has 71 heavy (non-hydrogen) atoms. The minimum absolute atomic E-state index is 0.0140. The maximum Gasteiger partial charge on any atom is 0.382 e. The highest BCUT2D eigenvalue weighted by molar-refractivity contribution is 6.66. The van der Waals surface area contributed by atoms with Crippen LogP contribution in [0, 0.1) is 6.57 Å². The largest absolute Gasteiger partial charge is 0.497 e. The molecule has 0 saturated heterocycles. The van der Waals surface area contributed by atoms with Crippen LogP contribution < -0.4 is 92.6 Å². The van der Waals surface area contributed by atoms with Gasteiger partial charge in [-0.2, -0.15) is 0 Å². The first-order valence-electron chi connectivity index (χ1n) is 19.6. The number of amides is 6. The molecule has 0 aliphatic heterocycles. The zero-order chi connectivity index (χ0) is 53.3. The molecule has 0 bridgehead atoms. The Morgan fingerprint density at radius 2 is 1.17 bits per heavy atom. The molecule has 0 saturated carbocycles. The molecular formula is C38H49Cl3N21O9+. The number of ether oxygens (including phenoxy) is 2. The number of pyridine rings is 1. The third-order valence-corrected chi connectivity index (χ3v) is 9.53. The van der Waals surface area contributed by atoms with Crippen LogP contribution in [0.15, 0.2) is 80.8 Å². The molecule has 6 unspecified atom stereocenters. The second-order valence-corrected chi connectivity index (χ2v) is 16.3. The first-order chi connectivity index (χ1) is 33.3. The van der Waals surface area contributed by atoms with E-state index in [0.717, 1.165) is 11.1 Å². The lowest BCUT2D eigenvalue weighted by atomic mass is 10.1. The fourth-order valence-corrected chi connectivity index (χ4v) is 6.07. The van der Waals surface area contributed by atoms with Crippen LogP contribution in [0.4, 0.5) is 11.5 Å². The summed E-state index contributed by atoms with van der Waals surface area (Å²) in [6.07, 6.45) is -9.44. The van der Waals surface area contributed by atoms with Gasteiger partial charge in [-0.15, -0.1) is 0 Å². The van der Waals surface area contributed by atoms with Gasteiger partial charge in [-0.25, -0.2) is 25.0 Å². The number of methoxy groups -OCH3 is 2. The van der Waals surface area contributed by atoms with Gasteiger partial charge in [-0.1, -0.05) is 65.1 Å². The molecule has 0 spiro atoms. The van der Waals surface area contributed by atoms with Crippen LogP contribution in [-0.4, -0.2) is 114 Å². The number of aromatic nitrogens is 1. The molecule has 0 aliphatic rings. The van der Waals surface area contributed by atoms with Crippen LogP contribution in [0.25, 0.3) is 4.85 Å². The van der Waals surface area contributed by atoms with Crippen molar-refractivity contribution in [3.63, 3.8) is 0 Å². The van der Waals surface area contributed by atoms with Gasteiger partial charge in [0, 0.05) is 29.5 Å². The second-order valence-electron chi connectivity index (χ2n) is 14.0. The Kier molecular flexibility index (Phi) is 20.3. The number of carbonyl (C=O) groups excluding carboxylic acids is 6. The minimum atomic E-state index is -2.25. The van der Waals surface area contributed by atoms with Crippen molar-refractivity contribution in [2.24, 2.45) is 71.6 Å². The molecule has 6 amide bonds. The van der Waals surface area contributed by atoms with Crippen molar-refractivity contribution in [1.29, 1.82) is 0 Å². The average Bonchev–Trinajstić information content (AvgIpc) is 3.30. The number of primary amides is 1. The lowest BCUT2D eigenvalue weighted by Gasteiger charge is -2.30. The number of aliphatic hydroxyl groups is 1. The minimum Gasteiger partial charge on any atom is -0.497 e. The molecule has 380 valence electrons. The third-order valence-electron chi connectivity index (χ3n) is 8.88. The quantitative estimate of drug-likeness (QED) is 0.0194. The molecule has 2 aromatic carbocycles. The van der Waals surface area contributed by atoms with Crippen LogP contribution in [0.2, 0.25) is 0 Å². The highest BCUT2D eigenvalue weighted by Crippen LogP contribution is 2.41. The van der Waals surface area contributed by atoms with E-state index in [-0.39, 0.29) is 34.9 Å². The van der Waals surface area contributed by atoms with E-state index in [1.165, 1.54) is 50.6 Å². The van der Waals surface area contributed by atoms with Crippen molar-refractivity contribution in [3.05, 3.63) is 82.3 Å². The van der Waals surface area contributed by atoms with Gasteiger partial charge in [0.2, 0.25) is 46.4 Å². The van der Waals surface area contributed by atoms with Crippen molar-refractivity contribution in [2.75, 3.05) is 19.1 Å². The molecular weight excluding hydrogens is 1000 g/mol. The van der Waals surface area contributed by atoms with Gasteiger partial charge in [0.25, 0.3) is 36.1 Å². The van der Waals surface area contributed by atoms with Gasteiger partial charge in [-0.05, 0) is 22.5 Å². The smallest absolute Gasteiger partial charge is 0.382 e. The van der Waals surface area contributed by atoms with Gasteiger partial charge < -0.3 is 97.7 Å². The standard InChI is InChI=1S/C38H48Cl3N21O9/c1-51-19-11-17(38(39,40)41)13-52-27(19)62(14-16-9-10-18(70-2)12-20(16)71-3)33(69)32(68)53-21(15-7-5-4-6-8-15)28(64)55-24(59-35(45)46)30(66)57-26(61-37(49)50)31(67)56-25(60-36(47)48)29(65)54-23(22(42)63)58-34(43)44/h1,4-13,21,23-26,33,69H,14H2,2-3H3,(H22-,42,43,44,45,46,47,48,49,50,53,54,55,56,57,58,59,60,61,63,64,65,66,67,68)/p+1. The van der Waals surface area contributed by atoms with E-state index < -0.39 is 100 Å². The van der Waals surface area contributed by atoms with Crippen molar-refractivity contribution in [1.82, 2.24) is 31.6 Å². The van der Waals surface area contributed by atoms with Gasteiger partial charge in [0.05, 0.1) is 20.8 Å². The number of hydrogen-bond acceptors (Lipinski definition) is 15. The van der Waals surface area contributed by atoms with E-state index in [1.807, 2.05) is 10.6 Å². The van der Waals surface area contributed by atoms with Crippen molar-refractivity contribution in [2.45, 2.75) is 47.3 Å². The van der Waals surface area contributed by atoms with E-state index in [1.54, 1.807) is 18.2 Å². The number of alkyl halides is 3. The number of anilines is 1. The Labute approximate surface area is 417 Å². The number of halogens is 3. The molecule has 6 atom stereocenters. The number of rotatable bonds is 22. The molecule has 0 fully saturated rings. The Balaban J connectivity index is 2.04. The maximum absolute atomic E-state index is 14.3. The predicted molar refractivity (Wildman–Crippen MR) is 261 cm³/mol. The Morgan fingerprint density at radius 3 is 1.61 bits per heavy atom. The summed E-state index contributed by atoms with van der Waals surface area (Å²) in [5.41, 5.74) is 49.2. The molecule has 3 rings (SSSR count). The molecule has 0 radical (unpaired) electrons. The van der Waals surface area contributed by atoms with Gasteiger partial charge in [-0.3, -0.25) is 28.8 Å². The lowest BCUT2D eigenvalue weighted by Crippen LogP contribution is -2.58. The summed E-state index contributed by atoms with van der Waals surface area (Å²) in [6, 6.07) is 11.5. The Bertz CT molecular complexity index is 2610. The van der Waals surface area contributed by atoms with E-state index in [9.17, 15) is 33.9 Å². The lowest BCUT2D eigenvalue weighted by molar-refractivity contribution is -0.136. The zero-order valence-corrected chi connectivity index (χ0v) is 39.5. The van der Waals surface area contributed by atoms with Gasteiger partial charge in [0.1, 0.15) is 17.5 Å².